The first-order valence-electron chi connectivity index (χ1n) is 3.33. The van der Waals surface area contributed by atoms with Crippen molar-refractivity contribution in [2.75, 3.05) is 0 Å². The Kier molecular flexibility index (Phi) is 5.23. The molecule has 1 N–H and O–H groups in total. The van der Waals surface area contributed by atoms with E-state index < -0.39 is 10.2 Å². The van der Waals surface area contributed by atoms with Crippen molar-refractivity contribution >= 4 is 40.9 Å². The number of rotatable bonds is 4. The summed E-state index contributed by atoms with van der Waals surface area (Å²) in [6.45, 7) is 1.99. The highest BCUT2D eigenvalue weighted by Gasteiger charge is 2.32. The topological polar surface area (TPSA) is 29.1 Å². The van der Waals surface area contributed by atoms with Crippen LogP contribution >= 0.6 is 35.0 Å². The molecule has 0 aromatic rings. The van der Waals surface area contributed by atoms with Crippen LogP contribution in [0.5, 0.6) is 0 Å². The number of carbonyl (C=O) groups is 1. The Hall–Kier alpha value is 0.340. The Bertz CT molecular complexity index is 138. The van der Waals surface area contributed by atoms with Crippen molar-refractivity contribution < 1.29 is 4.79 Å². The monoisotopic (exact) mass is 217 g/mol. The lowest BCUT2D eigenvalue weighted by molar-refractivity contribution is -0.120. The number of carbonyl (C=O) groups excluding carboxylic acids is 1. The summed E-state index contributed by atoms with van der Waals surface area (Å²) in [6, 6.07) is 0. The second kappa shape index (κ2) is 5.07. The molecule has 66 valence electrons. The molecule has 0 rings (SSSR count). The highest BCUT2D eigenvalue weighted by molar-refractivity contribution is 6.59. The maximum absolute atomic E-state index is 10.8. The summed E-state index contributed by atoms with van der Waals surface area (Å²) in [6.07, 6.45) is 2.17. The van der Waals surface area contributed by atoms with Crippen LogP contribution in [0.15, 0.2) is 0 Å². The summed E-state index contributed by atoms with van der Waals surface area (Å²) in [4.78, 5) is 12.7. The molecule has 0 radical (unpaired) electrons. The lowest BCUT2D eigenvalue weighted by Crippen LogP contribution is -2.33. The molecule has 0 aromatic heterocycles. The second-order valence-corrected chi connectivity index (χ2v) is 3.90. The SMILES string of the molecule is CCCCC(Cl)(Cl)C(=O)NCl. The Morgan fingerprint density at radius 2 is 2.09 bits per heavy atom. The summed E-state index contributed by atoms with van der Waals surface area (Å²) in [5.74, 6) is -0.559. The molecule has 0 aliphatic rings. The van der Waals surface area contributed by atoms with E-state index in [0.717, 1.165) is 12.8 Å². The van der Waals surface area contributed by atoms with Gasteiger partial charge in [-0.15, -0.1) is 0 Å². The van der Waals surface area contributed by atoms with Crippen LogP contribution in [0.3, 0.4) is 0 Å². The van der Waals surface area contributed by atoms with E-state index in [2.05, 4.69) is 0 Å². The summed E-state index contributed by atoms with van der Waals surface area (Å²) in [5, 5.41) is 0. The van der Waals surface area contributed by atoms with E-state index in [4.69, 9.17) is 35.0 Å². The van der Waals surface area contributed by atoms with Gasteiger partial charge in [0.2, 0.25) is 0 Å². The molecule has 0 unspecified atom stereocenters. The summed E-state index contributed by atoms with van der Waals surface area (Å²) in [7, 11) is 0. The molecule has 0 saturated carbocycles. The van der Waals surface area contributed by atoms with Gasteiger partial charge in [-0.05, 0) is 6.42 Å². The third-order valence-corrected chi connectivity index (χ3v) is 2.16. The van der Waals surface area contributed by atoms with E-state index in [1.807, 2.05) is 11.8 Å². The number of nitrogens with one attached hydrogen (secondary N) is 1. The average molecular weight is 219 g/mol. The molecule has 0 aliphatic heterocycles. The first-order valence-corrected chi connectivity index (χ1v) is 4.47. The van der Waals surface area contributed by atoms with Crippen LogP contribution in [0, 0.1) is 0 Å². The van der Waals surface area contributed by atoms with Gasteiger partial charge in [-0.2, -0.15) is 0 Å². The van der Waals surface area contributed by atoms with Crippen LogP contribution in [0.25, 0.3) is 0 Å². The van der Waals surface area contributed by atoms with Crippen molar-refractivity contribution in [3.63, 3.8) is 0 Å². The molecule has 0 saturated heterocycles. The minimum absolute atomic E-state index is 0.422. The van der Waals surface area contributed by atoms with Gasteiger partial charge in [0.1, 0.15) is 0 Å². The van der Waals surface area contributed by atoms with Crippen molar-refractivity contribution in [3.8, 4) is 0 Å². The Balaban J connectivity index is 3.88. The van der Waals surface area contributed by atoms with Gasteiger partial charge >= 0.3 is 0 Å². The van der Waals surface area contributed by atoms with Crippen LogP contribution in [0.1, 0.15) is 26.2 Å². The van der Waals surface area contributed by atoms with E-state index in [0.29, 0.717) is 6.42 Å². The largest absolute Gasteiger partial charge is 0.270 e. The molecular weight excluding hydrogens is 208 g/mol. The van der Waals surface area contributed by atoms with Crippen molar-refractivity contribution in [2.45, 2.75) is 30.5 Å². The predicted octanol–water partition coefficient (Wildman–Crippen LogP) is 2.62. The zero-order valence-corrected chi connectivity index (χ0v) is 8.43. The molecule has 0 spiro atoms. The van der Waals surface area contributed by atoms with E-state index in [1.165, 1.54) is 0 Å². The maximum atomic E-state index is 10.8. The Morgan fingerprint density at radius 3 is 2.45 bits per heavy atom. The molecule has 2 nitrogen and oxygen atoms in total. The van der Waals surface area contributed by atoms with E-state index >= 15 is 0 Å². The van der Waals surface area contributed by atoms with Crippen LogP contribution in [-0.4, -0.2) is 10.2 Å². The first-order chi connectivity index (χ1) is 5.04. The number of amides is 1. The smallest absolute Gasteiger partial charge is 0.270 e. The molecule has 0 aliphatic carbocycles. The fraction of sp³-hybridized carbons (Fsp3) is 0.833. The molecule has 0 aromatic carbocycles. The predicted molar refractivity (Wildman–Crippen MR) is 48.0 cm³/mol. The lowest BCUT2D eigenvalue weighted by Gasteiger charge is -2.15. The van der Waals surface area contributed by atoms with Crippen LogP contribution in [-0.2, 0) is 4.79 Å². The van der Waals surface area contributed by atoms with Gasteiger partial charge < -0.3 is 0 Å². The van der Waals surface area contributed by atoms with Crippen LogP contribution < -0.4 is 4.84 Å². The first kappa shape index (κ1) is 11.3. The van der Waals surface area contributed by atoms with Gasteiger partial charge in [-0.3, -0.25) is 9.63 Å². The number of hydrogen-bond donors (Lipinski definition) is 1. The number of alkyl halides is 2. The number of hydrogen-bond acceptors (Lipinski definition) is 1. The van der Waals surface area contributed by atoms with Crippen molar-refractivity contribution in [2.24, 2.45) is 0 Å². The second-order valence-electron chi connectivity index (χ2n) is 2.23. The number of unbranched alkanes of at least 4 members (excludes halogenated alkanes) is 1. The van der Waals surface area contributed by atoms with Crippen LogP contribution in [0.4, 0.5) is 0 Å². The van der Waals surface area contributed by atoms with E-state index in [-0.39, 0.29) is 0 Å². The molecular formula is C6H10Cl3NO. The normalized spacial score (nSPS) is 11.3. The van der Waals surface area contributed by atoms with Crippen molar-refractivity contribution in [3.05, 3.63) is 0 Å². The highest BCUT2D eigenvalue weighted by Crippen LogP contribution is 2.27. The van der Waals surface area contributed by atoms with Gasteiger partial charge in [0.15, 0.2) is 4.33 Å². The van der Waals surface area contributed by atoms with E-state index in [9.17, 15) is 4.79 Å². The zero-order valence-electron chi connectivity index (χ0n) is 6.16. The van der Waals surface area contributed by atoms with Crippen LogP contribution in [0.2, 0.25) is 0 Å². The standard InChI is InChI=1S/C6H10Cl3NO/c1-2-3-4-6(7,8)5(11)10-9/h2-4H2,1H3,(H,10,11). The highest BCUT2D eigenvalue weighted by atomic mass is 35.5. The molecule has 1 amide bonds. The zero-order chi connectivity index (χ0) is 8.91. The molecule has 0 fully saturated rings. The van der Waals surface area contributed by atoms with Gasteiger partial charge in [-0.1, -0.05) is 43.0 Å². The minimum atomic E-state index is -1.38. The molecule has 5 heteroatoms. The number of halogens is 3. The minimum Gasteiger partial charge on any atom is -0.270 e. The fourth-order valence-corrected chi connectivity index (χ4v) is 1.20. The third kappa shape index (κ3) is 4.04. The van der Waals surface area contributed by atoms with Gasteiger partial charge in [0.05, 0.1) is 0 Å². The Morgan fingerprint density at radius 1 is 1.55 bits per heavy atom. The van der Waals surface area contributed by atoms with Crippen molar-refractivity contribution in [1.29, 1.82) is 0 Å². The molecule has 0 bridgehead atoms. The lowest BCUT2D eigenvalue weighted by atomic mass is 10.2. The van der Waals surface area contributed by atoms with Gasteiger partial charge in [-0.25, -0.2) is 0 Å². The third-order valence-electron chi connectivity index (χ3n) is 1.26. The molecule has 0 atom stereocenters. The van der Waals surface area contributed by atoms with Gasteiger partial charge in [0.25, 0.3) is 5.91 Å². The molecule has 11 heavy (non-hydrogen) atoms. The van der Waals surface area contributed by atoms with E-state index in [1.54, 1.807) is 0 Å². The summed E-state index contributed by atoms with van der Waals surface area (Å²) >= 11 is 16.3. The fourth-order valence-electron chi connectivity index (χ4n) is 0.581. The summed E-state index contributed by atoms with van der Waals surface area (Å²) < 4.78 is -1.38. The quantitative estimate of drug-likeness (QED) is 0.570. The molecule has 0 heterocycles. The summed E-state index contributed by atoms with van der Waals surface area (Å²) in [5.41, 5.74) is 0. The Labute approximate surface area is 81.3 Å². The maximum Gasteiger partial charge on any atom is 0.270 e. The van der Waals surface area contributed by atoms with Crippen molar-refractivity contribution in [1.82, 2.24) is 4.84 Å². The van der Waals surface area contributed by atoms with Gasteiger partial charge in [0, 0.05) is 11.8 Å². The average Bonchev–Trinajstić information content (AvgIpc) is 1.99.